The van der Waals surface area contributed by atoms with Crippen molar-refractivity contribution in [1.82, 2.24) is 18.6 Å². The van der Waals surface area contributed by atoms with Gasteiger partial charge in [0.25, 0.3) is 0 Å². The summed E-state index contributed by atoms with van der Waals surface area (Å²) in [5, 5.41) is 0. The van der Waals surface area contributed by atoms with Gasteiger partial charge in [-0.05, 0) is 29.8 Å². The first-order valence-corrected chi connectivity index (χ1v) is 12.8. The molecule has 0 aliphatic heterocycles. The third-order valence-electron chi connectivity index (χ3n) is 5.00. The van der Waals surface area contributed by atoms with E-state index < -0.39 is 26.1 Å². The lowest BCUT2D eigenvalue weighted by Crippen LogP contribution is -2.32. The molecule has 0 saturated carbocycles. The largest absolute Gasteiger partial charge is 0.336 e. The maximum atomic E-state index is 13.1. The number of sulfonamides is 2. The number of rotatable bonds is 9. The van der Waals surface area contributed by atoms with Gasteiger partial charge in [0.1, 0.15) is 11.9 Å². The average molecular weight is 463 g/mol. The van der Waals surface area contributed by atoms with Crippen LogP contribution in [0.4, 0.5) is 0 Å². The monoisotopic (exact) mass is 462 g/mol. The summed E-state index contributed by atoms with van der Waals surface area (Å²) in [5.74, 6) is 0.538. The Morgan fingerprint density at radius 1 is 0.935 bits per heavy atom. The molecule has 0 spiro atoms. The van der Waals surface area contributed by atoms with E-state index in [0.29, 0.717) is 18.9 Å². The highest BCUT2D eigenvalue weighted by Gasteiger charge is 2.27. The highest BCUT2D eigenvalue weighted by atomic mass is 32.2. The van der Waals surface area contributed by atoms with Gasteiger partial charge in [0, 0.05) is 32.5 Å². The van der Waals surface area contributed by atoms with Crippen molar-refractivity contribution in [2.75, 3.05) is 13.1 Å². The quantitative estimate of drug-likeness (QED) is 0.527. The molecule has 10 heteroatoms. The summed E-state index contributed by atoms with van der Waals surface area (Å²) in [6.45, 7) is 4.18. The van der Waals surface area contributed by atoms with Crippen LogP contribution in [0.25, 0.3) is 0 Å². The molecule has 3 rings (SSSR count). The molecule has 31 heavy (non-hydrogen) atoms. The fourth-order valence-electron chi connectivity index (χ4n) is 3.30. The van der Waals surface area contributed by atoms with Crippen LogP contribution in [0, 0.1) is 0 Å². The molecule has 1 heterocycles. The number of imidazole rings is 1. The number of hydrogen-bond acceptors (Lipinski definition) is 5. The molecular weight excluding hydrogens is 436 g/mol. The Hall–Kier alpha value is -2.53. The van der Waals surface area contributed by atoms with Crippen LogP contribution in [0.15, 0.2) is 76.8 Å². The molecule has 0 aliphatic carbocycles. The highest BCUT2D eigenvalue weighted by molar-refractivity contribution is 7.89. The van der Waals surface area contributed by atoms with Gasteiger partial charge in [-0.15, -0.1) is 0 Å². The van der Waals surface area contributed by atoms with Gasteiger partial charge in [-0.25, -0.2) is 21.8 Å². The first-order valence-electron chi connectivity index (χ1n) is 9.85. The number of hydrogen-bond donors (Lipinski definition) is 1. The predicted octanol–water partition coefficient (Wildman–Crippen LogP) is 2.52. The molecule has 0 bridgehead atoms. The fourth-order valence-corrected chi connectivity index (χ4v) is 5.94. The maximum absolute atomic E-state index is 13.1. The zero-order valence-corrected chi connectivity index (χ0v) is 19.3. The van der Waals surface area contributed by atoms with Gasteiger partial charge < -0.3 is 4.57 Å². The van der Waals surface area contributed by atoms with Crippen molar-refractivity contribution < 1.29 is 16.8 Å². The van der Waals surface area contributed by atoms with E-state index in [1.165, 1.54) is 28.6 Å². The molecule has 1 N–H and O–H groups in total. The summed E-state index contributed by atoms with van der Waals surface area (Å²) >= 11 is 0. The Kier molecular flexibility index (Phi) is 6.95. The number of aryl methyl sites for hydroxylation is 1. The van der Waals surface area contributed by atoms with E-state index in [1.54, 1.807) is 37.9 Å². The molecule has 1 unspecified atom stereocenters. The average Bonchev–Trinajstić information content (AvgIpc) is 3.19. The highest BCUT2D eigenvalue weighted by Crippen LogP contribution is 2.24. The van der Waals surface area contributed by atoms with Crippen LogP contribution in [0.3, 0.4) is 0 Å². The van der Waals surface area contributed by atoms with Crippen molar-refractivity contribution in [3.8, 4) is 0 Å². The minimum absolute atomic E-state index is 0.0267. The Balaban J connectivity index is 1.94. The summed E-state index contributed by atoms with van der Waals surface area (Å²) in [6, 6.07) is 13.7. The molecule has 166 valence electrons. The second kappa shape index (κ2) is 9.31. The molecule has 1 atom stereocenters. The number of benzene rings is 2. The molecule has 0 amide bonds. The number of nitrogens with one attached hydrogen (secondary N) is 1. The first-order chi connectivity index (χ1) is 14.7. The second-order valence-corrected chi connectivity index (χ2v) is 10.6. The van der Waals surface area contributed by atoms with Gasteiger partial charge in [-0.1, -0.05) is 44.2 Å². The van der Waals surface area contributed by atoms with Gasteiger partial charge in [0.05, 0.1) is 9.79 Å². The molecule has 0 saturated heterocycles. The van der Waals surface area contributed by atoms with Crippen molar-refractivity contribution in [2.24, 2.45) is 7.05 Å². The molecule has 3 aromatic rings. The van der Waals surface area contributed by atoms with Crippen LogP contribution in [0.5, 0.6) is 0 Å². The second-order valence-electron chi connectivity index (χ2n) is 6.92. The van der Waals surface area contributed by atoms with Crippen molar-refractivity contribution in [3.05, 3.63) is 78.4 Å². The minimum atomic E-state index is -3.96. The third kappa shape index (κ3) is 4.87. The van der Waals surface area contributed by atoms with Crippen LogP contribution in [0.2, 0.25) is 0 Å². The van der Waals surface area contributed by atoms with Crippen molar-refractivity contribution in [3.63, 3.8) is 0 Å². The van der Waals surface area contributed by atoms with Gasteiger partial charge in [-0.3, -0.25) is 0 Å². The Bertz CT molecular complexity index is 1220. The van der Waals surface area contributed by atoms with Crippen molar-refractivity contribution in [1.29, 1.82) is 0 Å². The van der Waals surface area contributed by atoms with E-state index in [0.717, 1.165) is 5.56 Å². The van der Waals surface area contributed by atoms with Gasteiger partial charge in [0.15, 0.2) is 0 Å². The third-order valence-corrected chi connectivity index (χ3v) is 8.50. The van der Waals surface area contributed by atoms with Crippen LogP contribution in [0.1, 0.15) is 31.3 Å². The lowest BCUT2D eigenvalue weighted by molar-refractivity contribution is 0.445. The Morgan fingerprint density at radius 3 is 2.03 bits per heavy atom. The minimum Gasteiger partial charge on any atom is -0.336 e. The van der Waals surface area contributed by atoms with Crippen LogP contribution < -0.4 is 4.72 Å². The van der Waals surface area contributed by atoms with E-state index in [1.807, 2.05) is 30.3 Å². The van der Waals surface area contributed by atoms with Crippen molar-refractivity contribution in [2.45, 2.75) is 29.7 Å². The first kappa shape index (κ1) is 23.1. The smallest absolute Gasteiger partial charge is 0.243 e. The van der Waals surface area contributed by atoms with Crippen molar-refractivity contribution >= 4 is 20.0 Å². The summed E-state index contributed by atoms with van der Waals surface area (Å²) in [7, 11) is -5.83. The maximum Gasteiger partial charge on any atom is 0.243 e. The lowest BCUT2D eigenvalue weighted by atomic mass is 10.1. The molecular formula is C21H26N4O4S2. The van der Waals surface area contributed by atoms with Gasteiger partial charge in [-0.2, -0.15) is 9.03 Å². The lowest BCUT2D eigenvalue weighted by Gasteiger charge is -2.20. The molecule has 8 nitrogen and oxygen atoms in total. The SMILES string of the molecule is CCN(CC)S(=O)(=O)c1ccc(S(=O)(=O)NC(c2ccccc2)c2nccn2C)cc1. The van der Waals surface area contributed by atoms with E-state index in [9.17, 15) is 16.8 Å². The number of aromatic nitrogens is 2. The molecule has 2 aromatic carbocycles. The van der Waals surface area contributed by atoms with Crippen LogP contribution in [-0.4, -0.2) is 43.8 Å². The predicted molar refractivity (Wildman–Crippen MR) is 118 cm³/mol. The normalized spacial score (nSPS) is 13.4. The van der Waals surface area contributed by atoms with E-state index in [4.69, 9.17) is 0 Å². The van der Waals surface area contributed by atoms with Gasteiger partial charge >= 0.3 is 0 Å². The molecule has 0 fully saturated rings. The van der Waals surface area contributed by atoms with Gasteiger partial charge in [0.2, 0.25) is 20.0 Å². The van der Waals surface area contributed by atoms with Crippen LogP contribution >= 0.6 is 0 Å². The van der Waals surface area contributed by atoms with E-state index >= 15 is 0 Å². The molecule has 0 aliphatic rings. The Morgan fingerprint density at radius 2 is 1.52 bits per heavy atom. The zero-order valence-electron chi connectivity index (χ0n) is 17.6. The number of nitrogens with zero attached hydrogens (tertiary/aromatic N) is 3. The zero-order chi connectivity index (χ0) is 22.6. The van der Waals surface area contributed by atoms with E-state index in [-0.39, 0.29) is 9.79 Å². The topological polar surface area (TPSA) is 101 Å². The summed E-state index contributed by atoms with van der Waals surface area (Å²) in [4.78, 5) is 4.33. The molecule has 1 aromatic heterocycles. The summed E-state index contributed by atoms with van der Waals surface area (Å²) in [6.07, 6.45) is 3.35. The van der Waals surface area contributed by atoms with E-state index in [2.05, 4.69) is 9.71 Å². The fraction of sp³-hybridized carbons (Fsp3) is 0.286. The molecule has 0 radical (unpaired) electrons. The summed E-state index contributed by atoms with van der Waals surface area (Å²) < 4.78 is 57.3. The standard InChI is InChI=1S/C21H26N4O4S2/c1-4-25(5-2)31(28,29)19-13-11-18(12-14-19)30(26,27)23-20(17-9-7-6-8-10-17)21-22-15-16-24(21)3/h6-16,20,23H,4-5H2,1-3H3. The summed E-state index contributed by atoms with van der Waals surface area (Å²) in [5.41, 5.74) is 0.737. The van der Waals surface area contributed by atoms with Crippen LogP contribution in [-0.2, 0) is 27.1 Å². The Labute approximate surface area is 183 Å².